The molecule has 0 spiro atoms. The molecule has 7 nitrogen and oxygen atoms in total. The molecule has 0 saturated heterocycles. The van der Waals surface area contributed by atoms with E-state index in [2.05, 4.69) is 27.9 Å². The first-order valence-electron chi connectivity index (χ1n) is 11.6. The van der Waals surface area contributed by atoms with E-state index in [-0.39, 0.29) is 17.3 Å². The van der Waals surface area contributed by atoms with Crippen LogP contribution in [0, 0.1) is 10.5 Å². The Morgan fingerprint density at radius 3 is 2.14 bits per heavy atom. The Kier molecular flexibility index (Phi) is 9.49. The lowest BCUT2D eigenvalue weighted by atomic mass is 10.1. The maximum atomic E-state index is 13.8. The maximum Gasteiger partial charge on any atom is 0.264 e. The van der Waals surface area contributed by atoms with Crippen LogP contribution in [0.15, 0.2) is 83.8 Å². The largest absolute Gasteiger partial charge is 0.357 e. The summed E-state index contributed by atoms with van der Waals surface area (Å²) in [4.78, 5) is 28.1. The van der Waals surface area contributed by atoms with Crippen molar-refractivity contribution >= 4 is 50.1 Å². The number of aryl methyl sites for hydroxylation is 1. The van der Waals surface area contributed by atoms with Crippen LogP contribution in [0.2, 0.25) is 0 Å². The van der Waals surface area contributed by atoms with Crippen molar-refractivity contribution in [2.45, 2.75) is 37.8 Å². The summed E-state index contributed by atoms with van der Waals surface area (Å²) in [6.07, 6.45) is 0.381. The van der Waals surface area contributed by atoms with Gasteiger partial charge < -0.3 is 10.2 Å². The molecule has 0 heterocycles. The molecule has 0 aliphatic carbocycles. The van der Waals surface area contributed by atoms with E-state index in [0.29, 0.717) is 12.1 Å². The van der Waals surface area contributed by atoms with E-state index in [1.54, 1.807) is 42.5 Å². The molecule has 3 aromatic carbocycles. The number of anilines is 1. The van der Waals surface area contributed by atoms with E-state index in [4.69, 9.17) is 0 Å². The maximum absolute atomic E-state index is 13.8. The van der Waals surface area contributed by atoms with Crippen LogP contribution in [-0.2, 0) is 26.2 Å². The third kappa shape index (κ3) is 6.44. The molecule has 0 aliphatic heterocycles. The summed E-state index contributed by atoms with van der Waals surface area (Å²) in [6.45, 7) is 3.51. The fourth-order valence-electron chi connectivity index (χ4n) is 3.91. The van der Waals surface area contributed by atoms with Gasteiger partial charge in [-0.25, -0.2) is 8.42 Å². The molecule has 1 atom stereocenters. The molecule has 1 N–H and O–H groups in total. The molecule has 0 aliphatic rings. The minimum atomic E-state index is -4.05. The third-order valence-electron chi connectivity index (χ3n) is 5.96. The second kappa shape index (κ2) is 12.4. The van der Waals surface area contributed by atoms with E-state index >= 15 is 0 Å². The number of hydrogen-bond acceptors (Lipinski definition) is 4. The van der Waals surface area contributed by atoms with Crippen molar-refractivity contribution in [3.63, 3.8) is 0 Å². The van der Waals surface area contributed by atoms with E-state index in [1.807, 2.05) is 38.1 Å². The van der Waals surface area contributed by atoms with Crippen molar-refractivity contribution < 1.29 is 18.0 Å². The van der Waals surface area contributed by atoms with Crippen LogP contribution < -0.4 is 9.62 Å². The Labute approximate surface area is 226 Å². The number of nitrogens with one attached hydrogen (secondary N) is 1. The van der Waals surface area contributed by atoms with Gasteiger partial charge in [0.1, 0.15) is 12.6 Å². The molecular formula is C27H30IN3O4S. The van der Waals surface area contributed by atoms with Crippen LogP contribution in [0.3, 0.4) is 0 Å². The summed E-state index contributed by atoms with van der Waals surface area (Å²) in [7, 11) is -2.53. The van der Waals surface area contributed by atoms with Crippen molar-refractivity contribution in [3.05, 3.63) is 93.6 Å². The number of hydrogen-bond donors (Lipinski definition) is 1. The molecule has 0 fully saturated rings. The Morgan fingerprint density at radius 2 is 1.56 bits per heavy atom. The van der Waals surface area contributed by atoms with Crippen LogP contribution in [0.4, 0.5) is 5.69 Å². The Bertz CT molecular complexity index is 1300. The fraction of sp³-hybridized carbons (Fsp3) is 0.259. The van der Waals surface area contributed by atoms with Gasteiger partial charge in [-0.3, -0.25) is 13.9 Å². The molecule has 0 bridgehead atoms. The Morgan fingerprint density at radius 1 is 0.944 bits per heavy atom. The molecule has 0 unspecified atom stereocenters. The van der Waals surface area contributed by atoms with Gasteiger partial charge in [0.25, 0.3) is 10.0 Å². The predicted molar refractivity (Wildman–Crippen MR) is 150 cm³/mol. The highest BCUT2D eigenvalue weighted by Crippen LogP contribution is 2.25. The van der Waals surface area contributed by atoms with Crippen LogP contribution in [-0.4, -0.2) is 44.8 Å². The van der Waals surface area contributed by atoms with Gasteiger partial charge in [-0.1, -0.05) is 49.4 Å². The van der Waals surface area contributed by atoms with Gasteiger partial charge in [0, 0.05) is 17.2 Å². The lowest BCUT2D eigenvalue weighted by molar-refractivity contribution is -0.140. The first-order valence-corrected chi connectivity index (χ1v) is 14.1. The highest BCUT2D eigenvalue weighted by atomic mass is 127. The van der Waals surface area contributed by atoms with E-state index in [0.717, 1.165) is 19.0 Å². The Balaban J connectivity index is 2.05. The lowest BCUT2D eigenvalue weighted by Crippen LogP contribution is -2.51. The monoisotopic (exact) mass is 619 g/mol. The Hall–Kier alpha value is -2.92. The molecule has 2 amide bonds. The average Bonchev–Trinajstić information content (AvgIpc) is 2.89. The number of nitrogens with zero attached hydrogens (tertiary/aromatic N) is 2. The van der Waals surface area contributed by atoms with Gasteiger partial charge in [-0.2, -0.15) is 0 Å². The third-order valence-corrected chi connectivity index (χ3v) is 8.47. The number of rotatable bonds is 10. The van der Waals surface area contributed by atoms with Crippen molar-refractivity contribution in [2.24, 2.45) is 0 Å². The van der Waals surface area contributed by atoms with E-state index in [1.165, 1.54) is 24.1 Å². The van der Waals surface area contributed by atoms with Gasteiger partial charge in [-0.05, 0) is 83.5 Å². The number of sulfonamides is 1. The minimum absolute atomic E-state index is 0.0835. The fourth-order valence-corrected chi connectivity index (χ4v) is 5.71. The van der Waals surface area contributed by atoms with Crippen molar-refractivity contribution in [2.75, 3.05) is 17.9 Å². The smallest absolute Gasteiger partial charge is 0.264 e. The van der Waals surface area contributed by atoms with Gasteiger partial charge >= 0.3 is 0 Å². The summed E-state index contributed by atoms with van der Waals surface area (Å²) in [5.74, 6) is -0.766. The second-order valence-electron chi connectivity index (χ2n) is 8.29. The summed E-state index contributed by atoms with van der Waals surface area (Å²) >= 11 is 2.14. The van der Waals surface area contributed by atoms with Crippen LogP contribution in [0.1, 0.15) is 24.5 Å². The van der Waals surface area contributed by atoms with Crippen LogP contribution in [0.25, 0.3) is 0 Å². The van der Waals surface area contributed by atoms with Crippen molar-refractivity contribution in [1.82, 2.24) is 10.2 Å². The molecule has 3 aromatic rings. The zero-order valence-corrected chi connectivity index (χ0v) is 23.5. The standard InChI is InChI=1S/C27H30IN3O4S/c1-4-25(27(33)29-3)30(18-21-11-9-8-10-20(21)2)26(32)19-31(23-16-14-22(28)15-17-23)36(34,35)24-12-6-5-7-13-24/h5-17,25H,4,18-19H2,1-3H3,(H,29,33)/t25-/m1/s1. The van der Waals surface area contributed by atoms with Crippen molar-refractivity contribution in [1.29, 1.82) is 0 Å². The SMILES string of the molecule is CC[C@H](C(=O)NC)N(Cc1ccccc1C)C(=O)CN(c1ccc(I)cc1)S(=O)(=O)c1ccccc1. The van der Waals surface area contributed by atoms with Gasteiger partial charge in [0.2, 0.25) is 11.8 Å². The number of carbonyl (C=O) groups excluding carboxylic acids is 2. The predicted octanol–water partition coefficient (Wildman–Crippen LogP) is 4.35. The van der Waals surface area contributed by atoms with E-state index < -0.39 is 28.5 Å². The molecule has 0 aromatic heterocycles. The quantitative estimate of drug-likeness (QED) is 0.342. The van der Waals surface area contributed by atoms with Gasteiger partial charge in [-0.15, -0.1) is 0 Å². The summed E-state index contributed by atoms with van der Waals surface area (Å²) in [5, 5.41) is 2.63. The molecule has 36 heavy (non-hydrogen) atoms. The second-order valence-corrected chi connectivity index (χ2v) is 11.4. The number of halogens is 1. The molecular weight excluding hydrogens is 589 g/mol. The van der Waals surface area contributed by atoms with Crippen molar-refractivity contribution in [3.8, 4) is 0 Å². The summed E-state index contributed by atoms with van der Waals surface area (Å²) in [6, 6.07) is 21.8. The summed E-state index contributed by atoms with van der Waals surface area (Å²) < 4.78 is 29.4. The first-order chi connectivity index (χ1) is 17.2. The number of likely N-dealkylation sites (N-methyl/N-ethyl adjacent to an activating group) is 1. The highest BCUT2D eigenvalue weighted by Gasteiger charge is 2.33. The summed E-state index contributed by atoms with van der Waals surface area (Å²) in [5.41, 5.74) is 2.24. The van der Waals surface area contributed by atoms with Gasteiger partial charge in [0.15, 0.2) is 0 Å². The lowest BCUT2D eigenvalue weighted by Gasteiger charge is -2.33. The number of carbonyl (C=O) groups is 2. The van der Waals surface area contributed by atoms with Crippen LogP contribution in [0.5, 0.6) is 0 Å². The zero-order chi connectivity index (χ0) is 26.3. The number of amides is 2. The number of benzene rings is 3. The first kappa shape index (κ1) is 27.7. The average molecular weight is 620 g/mol. The van der Waals surface area contributed by atoms with Gasteiger partial charge in [0.05, 0.1) is 10.6 Å². The molecule has 3 rings (SSSR count). The topological polar surface area (TPSA) is 86.8 Å². The normalized spacial score (nSPS) is 12.0. The van der Waals surface area contributed by atoms with Crippen LogP contribution >= 0.6 is 22.6 Å². The molecule has 0 saturated carbocycles. The molecule has 190 valence electrons. The molecule has 0 radical (unpaired) electrons. The minimum Gasteiger partial charge on any atom is -0.357 e. The highest BCUT2D eigenvalue weighted by molar-refractivity contribution is 14.1. The van der Waals surface area contributed by atoms with E-state index in [9.17, 15) is 18.0 Å². The molecule has 9 heteroatoms. The zero-order valence-electron chi connectivity index (χ0n) is 20.5.